The Morgan fingerprint density at radius 2 is 1.88 bits per heavy atom. The summed E-state index contributed by atoms with van der Waals surface area (Å²) in [5, 5.41) is 10.4. The molecule has 134 valence electrons. The van der Waals surface area contributed by atoms with E-state index in [4.69, 9.17) is 4.74 Å². The average molecular weight is 332 g/mol. The molecule has 1 heterocycles. The third-order valence-electron chi connectivity index (χ3n) is 5.82. The third kappa shape index (κ3) is 4.52. The molecule has 1 aliphatic carbocycles. The van der Waals surface area contributed by atoms with Crippen molar-refractivity contribution in [2.24, 2.45) is 11.8 Å². The van der Waals surface area contributed by atoms with Gasteiger partial charge in [0.05, 0.1) is 0 Å². The summed E-state index contributed by atoms with van der Waals surface area (Å²) >= 11 is 0. The number of ether oxygens (including phenoxy) is 1. The Balaban J connectivity index is 1.47. The molecule has 3 heteroatoms. The van der Waals surface area contributed by atoms with Gasteiger partial charge in [-0.25, -0.2) is 0 Å². The molecule has 24 heavy (non-hydrogen) atoms. The molecular formula is C21H33NO2. The summed E-state index contributed by atoms with van der Waals surface area (Å²) in [6.07, 6.45) is 6.53. The standard InChI is InChI=1S/C21H33NO2/c1-16(2)20-9-5-6-10-21(20)24-15-19(23)14-22-12-11-17-7-3-4-8-18(17)13-22/h5-6,9-10,16-19,23H,3-4,7-8,11-15H2,1-2H3/t17-,18-,19+/m0/s1. The van der Waals surface area contributed by atoms with E-state index in [9.17, 15) is 5.11 Å². The smallest absolute Gasteiger partial charge is 0.122 e. The van der Waals surface area contributed by atoms with Gasteiger partial charge >= 0.3 is 0 Å². The van der Waals surface area contributed by atoms with Crippen LogP contribution < -0.4 is 4.74 Å². The molecule has 0 bridgehead atoms. The number of hydrogen-bond donors (Lipinski definition) is 1. The van der Waals surface area contributed by atoms with Gasteiger partial charge in [-0.1, -0.05) is 51.3 Å². The normalized spacial score (nSPS) is 26.2. The first-order valence-electron chi connectivity index (χ1n) is 9.75. The molecule has 1 N–H and O–H groups in total. The number of benzene rings is 1. The number of piperidine rings is 1. The molecule has 3 atom stereocenters. The molecule has 1 aliphatic heterocycles. The number of nitrogens with zero attached hydrogens (tertiary/aromatic N) is 1. The maximum absolute atomic E-state index is 10.4. The van der Waals surface area contributed by atoms with Crippen molar-refractivity contribution in [3.8, 4) is 5.75 Å². The average Bonchev–Trinajstić information content (AvgIpc) is 2.60. The Kier molecular flexibility index (Phi) is 6.18. The highest BCUT2D eigenvalue weighted by molar-refractivity contribution is 5.35. The summed E-state index contributed by atoms with van der Waals surface area (Å²) in [4.78, 5) is 2.45. The first kappa shape index (κ1) is 17.8. The van der Waals surface area contributed by atoms with Crippen molar-refractivity contribution < 1.29 is 9.84 Å². The van der Waals surface area contributed by atoms with Crippen molar-refractivity contribution in [3.63, 3.8) is 0 Å². The van der Waals surface area contributed by atoms with Crippen molar-refractivity contribution in [2.75, 3.05) is 26.2 Å². The molecule has 0 amide bonds. The number of likely N-dealkylation sites (tertiary alicyclic amines) is 1. The molecule has 0 radical (unpaired) electrons. The Labute approximate surface area is 147 Å². The highest BCUT2D eigenvalue weighted by atomic mass is 16.5. The fraction of sp³-hybridized carbons (Fsp3) is 0.714. The van der Waals surface area contributed by atoms with Crippen LogP contribution in [0.3, 0.4) is 0 Å². The van der Waals surface area contributed by atoms with Crippen LogP contribution in [0.1, 0.15) is 57.4 Å². The lowest BCUT2D eigenvalue weighted by Gasteiger charge is -2.41. The van der Waals surface area contributed by atoms with Gasteiger partial charge in [0.15, 0.2) is 0 Å². The van der Waals surface area contributed by atoms with Crippen LogP contribution in [0.2, 0.25) is 0 Å². The van der Waals surface area contributed by atoms with E-state index in [0.29, 0.717) is 12.5 Å². The van der Waals surface area contributed by atoms with E-state index in [0.717, 1.165) is 30.7 Å². The van der Waals surface area contributed by atoms with Crippen LogP contribution >= 0.6 is 0 Å². The van der Waals surface area contributed by atoms with Crippen molar-refractivity contribution in [3.05, 3.63) is 29.8 Å². The number of aliphatic hydroxyl groups excluding tert-OH is 1. The number of rotatable bonds is 6. The topological polar surface area (TPSA) is 32.7 Å². The number of β-amino-alcohol motifs (C(OH)–C–C–N with tert-alkyl or cyclic N) is 1. The molecule has 1 aromatic carbocycles. The number of para-hydroxylation sites is 1. The largest absolute Gasteiger partial charge is 0.491 e. The van der Waals surface area contributed by atoms with E-state index in [1.165, 1.54) is 44.2 Å². The predicted molar refractivity (Wildman–Crippen MR) is 98.5 cm³/mol. The third-order valence-corrected chi connectivity index (χ3v) is 5.82. The molecule has 1 saturated heterocycles. The predicted octanol–water partition coefficient (Wildman–Crippen LogP) is 4.06. The highest BCUT2D eigenvalue weighted by Gasteiger charge is 2.31. The van der Waals surface area contributed by atoms with Crippen LogP contribution in [0.5, 0.6) is 5.75 Å². The molecule has 1 saturated carbocycles. The second kappa shape index (κ2) is 8.35. The van der Waals surface area contributed by atoms with Crippen molar-refractivity contribution in [2.45, 2.75) is 58.0 Å². The monoisotopic (exact) mass is 331 g/mol. The van der Waals surface area contributed by atoms with Gasteiger partial charge in [-0.2, -0.15) is 0 Å². The van der Waals surface area contributed by atoms with E-state index < -0.39 is 6.10 Å². The lowest BCUT2D eigenvalue weighted by Crippen LogP contribution is -2.45. The molecular weight excluding hydrogens is 298 g/mol. The lowest BCUT2D eigenvalue weighted by atomic mass is 9.75. The quantitative estimate of drug-likeness (QED) is 0.853. The number of hydrogen-bond acceptors (Lipinski definition) is 3. The van der Waals surface area contributed by atoms with Gasteiger partial charge in [-0.05, 0) is 48.8 Å². The molecule has 3 rings (SSSR count). The molecule has 2 fully saturated rings. The van der Waals surface area contributed by atoms with E-state index in [1.54, 1.807) is 0 Å². The summed E-state index contributed by atoms with van der Waals surface area (Å²) in [5.74, 6) is 3.16. The maximum Gasteiger partial charge on any atom is 0.122 e. The summed E-state index contributed by atoms with van der Waals surface area (Å²) in [5.41, 5.74) is 1.22. The van der Waals surface area contributed by atoms with Crippen molar-refractivity contribution in [1.29, 1.82) is 0 Å². The van der Waals surface area contributed by atoms with Gasteiger partial charge in [0.25, 0.3) is 0 Å². The van der Waals surface area contributed by atoms with Crippen LogP contribution in [0.25, 0.3) is 0 Å². The second-order valence-electron chi connectivity index (χ2n) is 8.01. The first-order valence-corrected chi connectivity index (χ1v) is 9.75. The summed E-state index contributed by atoms with van der Waals surface area (Å²) in [6, 6.07) is 8.17. The van der Waals surface area contributed by atoms with Crippen LogP contribution in [-0.4, -0.2) is 42.4 Å². The Bertz CT molecular complexity index is 516. The molecule has 2 aliphatic rings. The van der Waals surface area contributed by atoms with Crippen LogP contribution in [0.15, 0.2) is 24.3 Å². The SMILES string of the molecule is CC(C)c1ccccc1OC[C@H](O)CN1CC[C@@H]2CCCC[C@H]2C1. The van der Waals surface area contributed by atoms with Crippen LogP contribution in [-0.2, 0) is 0 Å². The molecule has 0 unspecified atom stereocenters. The first-order chi connectivity index (χ1) is 11.6. The lowest BCUT2D eigenvalue weighted by molar-refractivity contribution is 0.0279. The molecule has 3 nitrogen and oxygen atoms in total. The second-order valence-corrected chi connectivity index (χ2v) is 8.01. The summed E-state index contributed by atoms with van der Waals surface area (Å²) in [7, 11) is 0. The Hall–Kier alpha value is -1.06. The highest BCUT2D eigenvalue weighted by Crippen LogP contribution is 2.36. The van der Waals surface area contributed by atoms with Crippen molar-refractivity contribution in [1.82, 2.24) is 4.90 Å². The van der Waals surface area contributed by atoms with Crippen molar-refractivity contribution >= 4 is 0 Å². The van der Waals surface area contributed by atoms with Gasteiger partial charge < -0.3 is 14.7 Å². The minimum atomic E-state index is -0.412. The minimum absolute atomic E-state index is 0.383. The van der Waals surface area contributed by atoms with Crippen LogP contribution in [0, 0.1) is 11.8 Å². The summed E-state index contributed by atoms with van der Waals surface area (Å²) < 4.78 is 5.93. The van der Waals surface area contributed by atoms with Gasteiger partial charge in [0.2, 0.25) is 0 Å². The fourth-order valence-electron chi connectivity index (χ4n) is 4.47. The molecule has 0 spiro atoms. The number of aliphatic hydroxyl groups is 1. The molecule has 1 aromatic rings. The Morgan fingerprint density at radius 3 is 2.67 bits per heavy atom. The van der Waals surface area contributed by atoms with E-state index in [-0.39, 0.29) is 0 Å². The zero-order valence-corrected chi connectivity index (χ0v) is 15.3. The van der Waals surface area contributed by atoms with Crippen LogP contribution in [0.4, 0.5) is 0 Å². The molecule has 0 aromatic heterocycles. The fourth-order valence-corrected chi connectivity index (χ4v) is 4.47. The zero-order valence-electron chi connectivity index (χ0n) is 15.3. The van der Waals surface area contributed by atoms with E-state index in [1.807, 2.05) is 18.2 Å². The van der Waals surface area contributed by atoms with Gasteiger partial charge in [-0.15, -0.1) is 0 Å². The minimum Gasteiger partial charge on any atom is -0.491 e. The van der Waals surface area contributed by atoms with E-state index >= 15 is 0 Å². The van der Waals surface area contributed by atoms with Gasteiger partial charge in [-0.3, -0.25) is 0 Å². The Morgan fingerprint density at radius 1 is 1.12 bits per heavy atom. The van der Waals surface area contributed by atoms with Gasteiger partial charge in [0.1, 0.15) is 18.5 Å². The van der Waals surface area contributed by atoms with E-state index in [2.05, 4.69) is 24.8 Å². The maximum atomic E-state index is 10.4. The number of fused-ring (bicyclic) bond motifs is 1. The summed E-state index contributed by atoms with van der Waals surface area (Å²) in [6.45, 7) is 7.78. The van der Waals surface area contributed by atoms with Gasteiger partial charge in [0, 0.05) is 13.1 Å². The zero-order chi connectivity index (χ0) is 16.9.